The number of aromatic nitrogens is 3. The molecule has 0 bridgehead atoms. The highest BCUT2D eigenvalue weighted by Crippen LogP contribution is 2.34. The first-order chi connectivity index (χ1) is 12.8. The number of para-hydroxylation sites is 1. The molecule has 0 radical (unpaired) electrons. The van der Waals surface area contributed by atoms with Crippen LogP contribution in [-0.4, -0.2) is 32.8 Å². The quantitative estimate of drug-likeness (QED) is 0.713. The summed E-state index contributed by atoms with van der Waals surface area (Å²) in [6.07, 6.45) is 4.81. The number of ether oxygens (including phenoxy) is 1. The van der Waals surface area contributed by atoms with Crippen molar-refractivity contribution in [3.8, 4) is 0 Å². The fraction of sp³-hybridized carbons (Fsp3) is 0.400. The van der Waals surface area contributed by atoms with E-state index in [0.29, 0.717) is 5.92 Å². The van der Waals surface area contributed by atoms with E-state index in [1.807, 2.05) is 42.7 Å². The number of hydrogen-bond acceptors (Lipinski definition) is 5. The van der Waals surface area contributed by atoms with Crippen LogP contribution in [0.1, 0.15) is 30.8 Å². The summed E-state index contributed by atoms with van der Waals surface area (Å²) in [6.45, 7) is 4.44. The summed E-state index contributed by atoms with van der Waals surface area (Å²) in [5.74, 6) is 2.06. The Balaban J connectivity index is 1.54. The molecule has 0 spiro atoms. The van der Waals surface area contributed by atoms with Crippen LogP contribution in [0.2, 0.25) is 0 Å². The minimum absolute atomic E-state index is 0.00418. The van der Waals surface area contributed by atoms with E-state index in [1.54, 1.807) is 0 Å². The first-order valence-corrected chi connectivity index (χ1v) is 9.16. The van der Waals surface area contributed by atoms with Gasteiger partial charge in [-0.2, -0.15) is 0 Å². The summed E-state index contributed by atoms with van der Waals surface area (Å²) in [5, 5.41) is 14.2. The number of aliphatic hydroxyl groups is 1. The molecule has 1 aliphatic rings. The predicted molar refractivity (Wildman–Crippen MR) is 101 cm³/mol. The fourth-order valence-corrected chi connectivity index (χ4v) is 3.63. The van der Waals surface area contributed by atoms with Gasteiger partial charge in [-0.25, -0.2) is 9.97 Å². The van der Waals surface area contributed by atoms with Crippen molar-refractivity contribution in [2.75, 3.05) is 18.5 Å². The largest absolute Gasteiger partial charge is 0.392 e. The number of imidazole rings is 1. The molecule has 0 amide bonds. The number of aliphatic hydroxyl groups excluding tert-OH is 1. The van der Waals surface area contributed by atoms with Crippen LogP contribution in [0.4, 0.5) is 5.82 Å². The van der Waals surface area contributed by atoms with Crippen LogP contribution >= 0.6 is 0 Å². The molecule has 6 nitrogen and oxygen atoms in total. The number of pyridine rings is 1. The maximum Gasteiger partial charge on any atom is 0.138 e. The van der Waals surface area contributed by atoms with E-state index < -0.39 is 0 Å². The van der Waals surface area contributed by atoms with Crippen LogP contribution in [0.3, 0.4) is 0 Å². The molecular formula is C20H24N4O2. The second-order valence-electron chi connectivity index (χ2n) is 6.64. The Labute approximate surface area is 152 Å². The number of hydrogen-bond donors (Lipinski definition) is 2. The van der Waals surface area contributed by atoms with Crippen LogP contribution in [0, 0.1) is 5.92 Å². The second-order valence-corrected chi connectivity index (χ2v) is 6.64. The highest BCUT2D eigenvalue weighted by atomic mass is 16.5. The maximum atomic E-state index is 9.72. The van der Waals surface area contributed by atoms with Crippen LogP contribution in [0.5, 0.6) is 0 Å². The van der Waals surface area contributed by atoms with Crippen molar-refractivity contribution < 1.29 is 9.84 Å². The summed E-state index contributed by atoms with van der Waals surface area (Å²) in [4.78, 5) is 9.20. The lowest BCUT2D eigenvalue weighted by molar-refractivity contribution is 0.0832. The zero-order chi connectivity index (χ0) is 17.9. The van der Waals surface area contributed by atoms with E-state index in [9.17, 15) is 5.11 Å². The van der Waals surface area contributed by atoms with Crippen molar-refractivity contribution in [2.24, 2.45) is 5.92 Å². The molecule has 4 rings (SSSR count). The van der Waals surface area contributed by atoms with Crippen molar-refractivity contribution in [3.05, 3.63) is 54.1 Å². The number of anilines is 1. The molecule has 1 saturated heterocycles. The normalized spacial score (nSPS) is 19.9. The van der Waals surface area contributed by atoms with Crippen LogP contribution in [0.15, 0.2) is 42.7 Å². The van der Waals surface area contributed by atoms with E-state index in [1.165, 1.54) is 0 Å². The first-order valence-electron chi connectivity index (χ1n) is 9.16. The Bertz CT molecular complexity index is 892. The molecule has 3 aromatic rings. The Kier molecular flexibility index (Phi) is 4.86. The highest BCUT2D eigenvalue weighted by molar-refractivity contribution is 5.81. The summed E-state index contributed by atoms with van der Waals surface area (Å²) < 4.78 is 8.11. The number of fused-ring (bicyclic) bond motifs is 1. The lowest BCUT2D eigenvalue weighted by Gasteiger charge is -2.20. The lowest BCUT2D eigenvalue weighted by atomic mass is 10.0. The van der Waals surface area contributed by atoms with E-state index in [-0.39, 0.29) is 12.7 Å². The second kappa shape index (κ2) is 7.43. The molecule has 26 heavy (non-hydrogen) atoms. The first kappa shape index (κ1) is 17.0. The van der Waals surface area contributed by atoms with Gasteiger partial charge in [0.05, 0.1) is 12.1 Å². The minimum Gasteiger partial charge on any atom is -0.392 e. The van der Waals surface area contributed by atoms with Crippen LogP contribution < -0.4 is 5.32 Å². The minimum atomic E-state index is -0.0367. The molecule has 3 heterocycles. The van der Waals surface area contributed by atoms with E-state index in [4.69, 9.17) is 9.72 Å². The number of nitrogens with one attached hydrogen (secondary N) is 1. The molecule has 136 valence electrons. The zero-order valence-corrected chi connectivity index (χ0v) is 14.9. The number of rotatable bonds is 6. The van der Waals surface area contributed by atoms with Crippen molar-refractivity contribution in [1.82, 2.24) is 14.5 Å². The lowest BCUT2D eigenvalue weighted by Crippen LogP contribution is -2.21. The number of aryl methyl sites for hydroxylation is 1. The average Bonchev–Trinajstić information content (AvgIpc) is 3.33. The van der Waals surface area contributed by atoms with Gasteiger partial charge >= 0.3 is 0 Å². The molecule has 1 fully saturated rings. The maximum absolute atomic E-state index is 9.72. The topological polar surface area (TPSA) is 72.2 Å². The van der Waals surface area contributed by atoms with E-state index in [0.717, 1.165) is 54.2 Å². The third-order valence-electron chi connectivity index (χ3n) is 5.06. The third-order valence-corrected chi connectivity index (χ3v) is 5.06. The zero-order valence-electron chi connectivity index (χ0n) is 14.9. The Morgan fingerprint density at radius 2 is 2.23 bits per heavy atom. The summed E-state index contributed by atoms with van der Waals surface area (Å²) in [6, 6.07) is 9.95. The molecular weight excluding hydrogens is 328 g/mol. The highest BCUT2D eigenvalue weighted by Gasteiger charge is 2.32. The van der Waals surface area contributed by atoms with Gasteiger partial charge < -0.3 is 19.7 Å². The van der Waals surface area contributed by atoms with Gasteiger partial charge in [-0.3, -0.25) is 0 Å². The Hall–Kier alpha value is -2.44. The average molecular weight is 352 g/mol. The molecule has 2 aromatic heterocycles. The summed E-state index contributed by atoms with van der Waals surface area (Å²) in [7, 11) is 0. The van der Waals surface area contributed by atoms with Gasteiger partial charge in [0.2, 0.25) is 0 Å². The summed E-state index contributed by atoms with van der Waals surface area (Å²) in [5.41, 5.74) is 1.74. The monoisotopic (exact) mass is 352 g/mol. The third kappa shape index (κ3) is 3.18. The molecule has 0 saturated carbocycles. The molecule has 2 N–H and O–H groups in total. The van der Waals surface area contributed by atoms with Crippen molar-refractivity contribution in [3.63, 3.8) is 0 Å². The molecule has 0 aliphatic carbocycles. The van der Waals surface area contributed by atoms with Gasteiger partial charge in [0, 0.05) is 49.0 Å². The van der Waals surface area contributed by atoms with Crippen molar-refractivity contribution >= 4 is 16.7 Å². The Morgan fingerprint density at radius 1 is 1.35 bits per heavy atom. The van der Waals surface area contributed by atoms with Crippen molar-refractivity contribution in [1.29, 1.82) is 0 Å². The van der Waals surface area contributed by atoms with Gasteiger partial charge in [-0.05, 0) is 25.5 Å². The molecule has 1 aromatic carbocycles. The summed E-state index contributed by atoms with van der Waals surface area (Å²) >= 11 is 0. The number of nitrogens with zero attached hydrogens (tertiary/aromatic N) is 3. The van der Waals surface area contributed by atoms with E-state index in [2.05, 4.69) is 21.8 Å². The number of benzene rings is 1. The standard InChI is InChI=1S/C20H24N4O2/c1-2-24-9-8-21-20(24)18-15(7-10-26-18)12-22-19-16(13-25)11-14-5-3-4-6-17(14)23-19/h3-6,8-9,11,15,18,25H,2,7,10,12-13H2,1H3,(H,22,23)/t15-,18+/m0/s1. The predicted octanol–water partition coefficient (Wildman–Crippen LogP) is 3.13. The van der Waals surface area contributed by atoms with Crippen LogP contribution in [0.25, 0.3) is 10.9 Å². The molecule has 0 unspecified atom stereocenters. The molecule has 1 aliphatic heterocycles. The van der Waals surface area contributed by atoms with Gasteiger partial charge in [-0.15, -0.1) is 0 Å². The van der Waals surface area contributed by atoms with E-state index >= 15 is 0 Å². The smallest absolute Gasteiger partial charge is 0.138 e. The fourth-order valence-electron chi connectivity index (χ4n) is 3.63. The van der Waals surface area contributed by atoms with Crippen molar-refractivity contribution in [2.45, 2.75) is 32.6 Å². The Morgan fingerprint density at radius 3 is 3.08 bits per heavy atom. The van der Waals surface area contributed by atoms with Crippen LogP contribution in [-0.2, 0) is 17.9 Å². The van der Waals surface area contributed by atoms with Gasteiger partial charge in [-0.1, -0.05) is 18.2 Å². The molecule has 2 atom stereocenters. The molecule has 6 heteroatoms. The van der Waals surface area contributed by atoms with Gasteiger partial charge in [0.1, 0.15) is 17.7 Å². The van der Waals surface area contributed by atoms with Gasteiger partial charge in [0.25, 0.3) is 0 Å². The van der Waals surface area contributed by atoms with Gasteiger partial charge in [0.15, 0.2) is 0 Å². The SMILES string of the molecule is CCn1ccnc1[C@@H]1OCC[C@H]1CNc1nc2ccccc2cc1CO.